The van der Waals surface area contributed by atoms with E-state index in [9.17, 15) is 9.18 Å². The lowest BCUT2D eigenvalue weighted by Gasteiger charge is -2.10. The summed E-state index contributed by atoms with van der Waals surface area (Å²) in [5.74, 6) is 0.665. The van der Waals surface area contributed by atoms with Crippen LogP contribution >= 0.6 is 0 Å². The summed E-state index contributed by atoms with van der Waals surface area (Å²) in [7, 11) is 0. The largest absolute Gasteiger partial charge is 0.293 e. The number of aromatic nitrogens is 6. The first-order chi connectivity index (χ1) is 13.8. The van der Waals surface area contributed by atoms with E-state index in [1.807, 2.05) is 27.7 Å². The number of nitrogens with one attached hydrogen (secondary N) is 2. The highest BCUT2D eigenvalue weighted by atomic mass is 19.1. The molecule has 0 bridgehead atoms. The minimum absolute atomic E-state index is 0.185. The molecule has 4 aromatic rings. The zero-order valence-corrected chi connectivity index (χ0v) is 16.7. The topological polar surface area (TPSA) is 101 Å². The third kappa shape index (κ3) is 3.43. The average molecular weight is 395 g/mol. The van der Waals surface area contributed by atoms with Gasteiger partial charge >= 0.3 is 0 Å². The molecule has 1 amide bonds. The number of carbonyl (C=O) groups is 1. The number of nitrogens with zero attached hydrogens (tertiary/aromatic N) is 5. The van der Waals surface area contributed by atoms with Crippen LogP contribution in [-0.4, -0.2) is 35.7 Å². The van der Waals surface area contributed by atoms with Gasteiger partial charge in [0.1, 0.15) is 11.6 Å². The number of benzene rings is 1. The highest BCUT2D eigenvalue weighted by Crippen LogP contribution is 2.25. The van der Waals surface area contributed by atoms with Crippen molar-refractivity contribution in [2.75, 3.05) is 5.32 Å². The first kappa shape index (κ1) is 19.0. The summed E-state index contributed by atoms with van der Waals surface area (Å²) in [4.78, 5) is 21.2. The normalized spacial score (nSPS) is 11.7. The Bertz CT molecular complexity index is 1220. The number of aromatic amines is 1. The van der Waals surface area contributed by atoms with Crippen LogP contribution in [0.1, 0.15) is 49.0 Å². The molecular formula is C20H22FN7O. The second kappa shape index (κ2) is 7.23. The van der Waals surface area contributed by atoms with Crippen molar-refractivity contribution in [1.82, 2.24) is 29.8 Å². The number of halogens is 1. The molecule has 0 spiro atoms. The molecule has 0 aliphatic rings. The summed E-state index contributed by atoms with van der Waals surface area (Å²) in [6.45, 7) is 7.75. The fourth-order valence-corrected chi connectivity index (χ4v) is 3.41. The van der Waals surface area contributed by atoms with Crippen LogP contribution in [0.2, 0.25) is 0 Å². The van der Waals surface area contributed by atoms with Gasteiger partial charge in [-0.05, 0) is 38.0 Å². The van der Waals surface area contributed by atoms with Gasteiger partial charge in [0.25, 0.3) is 0 Å². The molecule has 3 heterocycles. The van der Waals surface area contributed by atoms with Crippen molar-refractivity contribution in [1.29, 1.82) is 0 Å². The van der Waals surface area contributed by atoms with Crippen LogP contribution < -0.4 is 5.32 Å². The summed E-state index contributed by atoms with van der Waals surface area (Å²) in [5, 5.41) is 14.4. The zero-order valence-electron chi connectivity index (χ0n) is 16.7. The Labute approximate surface area is 166 Å². The lowest BCUT2D eigenvalue weighted by molar-refractivity contribution is -0.116. The van der Waals surface area contributed by atoms with Gasteiger partial charge in [-0.25, -0.2) is 13.9 Å². The van der Waals surface area contributed by atoms with Crippen LogP contribution in [0.25, 0.3) is 16.6 Å². The molecule has 8 nitrogen and oxygen atoms in total. The van der Waals surface area contributed by atoms with Crippen LogP contribution in [0.15, 0.2) is 18.2 Å². The van der Waals surface area contributed by atoms with Crippen LogP contribution in [0.5, 0.6) is 0 Å². The van der Waals surface area contributed by atoms with Gasteiger partial charge in [-0.3, -0.25) is 15.2 Å². The maximum absolute atomic E-state index is 14.3. The van der Waals surface area contributed by atoms with Crippen molar-refractivity contribution in [3.05, 3.63) is 46.8 Å². The number of amides is 1. The van der Waals surface area contributed by atoms with Crippen molar-refractivity contribution >= 4 is 28.4 Å². The van der Waals surface area contributed by atoms with Gasteiger partial charge in [0.15, 0.2) is 5.65 Å². The molecule has 150 valence electrons. The average Bonchev–Trinajstić information content (AvgIpc) is 3.27. The fraction of sp³-hybridized carbons (Fsp3) is 0.350. The minimum atomic E-state index is -0.344. The van der Waals surface area contributed by atoms with Gasteiger partial charge < -0.3 is 0 Å². The monoisotopic (exact) mass is 395 g/mol. The van der Waals surface area contributed by atoms with Crippen LogP contribution in [0.3, 0.4) is 0 Å². The standard InChI is InChI=1S/C20H22FN7O/c1-10(2)18-24-20(26-25-18)23-16(29)9-8-13-11(3)22-19-17-14(21)6-5-7-15(17)27-28(19)12(13)4/h5-7,10H,8-9H2,1-4H3,(H2,23,24,25,26,29). The molecule has 0 saturated heterocycles. The number of fused-ring (bicyclic) bond motifs is 3. The number of hydrogen-bond donors (Lipinski definition) is 2. The molecule has 9 heteroatoms. The number of aryl methyl sites for hydroxylation is 2. The van der Waals surface area contributed by atoms with Crippen molar-refractivity contribution in [2.45, 2.75) is 46.5 Å². The molecule has 4 rings (SSSR count). The highest BCUT2D eigenvalue weighted by Gasteiger charge is 2.17. The Morgan fingerprint density at radius 2 is 2.07 bits per heavy atom. The smallest absolute Gasteiger partial charge is 0.248 e. The van der Waals surface area contributed by atoms with Gasteiger partial charge in [0.2, 0.25) is 11.9 Å². The number of hydrogen-bond acceptors (Lipinski definition) is 5. The summed E-state index contributed by atoms with van der Waals surface area (Å²) in [6.07, 6.45) is 0.724. The van der Waals surface area contributed by atoms with Gasteiger partial charge in [0.05, 0.1) is 10.9 Å². The number of anilines is 1. The van der Waals surface area contributed by atoms with E-state index in [2.05, 4.69) is 30.6 Å². The number of H-pyrrole nitrogens is 1. The Hall–Kier alpha value is -3.36. The minimum Gasteiger partial charge on any atom is -0.293 e. The molecule has 1 aromatic carbocycles. The van der Waals surface area contributed by atoms with Gasteiger partial charge in [-0.15, -0.1) is 5.10 Å². The third-order valence-corrected chi connectivity index (χ3v) is 4.99. The molecule has 3 aromatic heterocycles. The summed E-state index contributed by atoms with van der Waals surface area (Å²) < 4.78 is 15.9. The van der Waals surface area contributed by atoms with Crippen molar-refractivity contribution < 1.29 is 9.18 Å². The summed E-state index contributed by atoms with van der Waals surface area (Å²) >= 11 is 0. The molecule has 0 saturated carbocycles. The van der Waals surface area contributed by atoms with Gasteiger partial charge in [0, 0.05) is 23.7 Å². The second-order valence-corrected chi connectivity index (χ2v) is 7.38. The number of carbonyl (C=O) groups excluding carboxylic acids is 1. The van der Waals surface area contributed by atoms with E-state index >= 15 is 0 Å². The van der Waals surface area contributed by atoms with Crippen molar-refractivity contribution in [3.8, 4) is 0 Å². The Balaban J connectivity index is 1.57. The van der Waals surface area contributed by atoms with Gasteiger partial charge in [-0.1, -0.05) is 19.9 Å². The fourth-order valence-electron chi connectivity index (χ4n) is 3.41. The Kier molecular flexibility index (Phi) is 4.73. The summed E-state index contributed by atoms with van der Waals surface area (Å²) in [5.41, 5.74) is 3.56. The lowest BCUT2D eigenvalue weighted by Crippen LogP contribution is -2.15. The van der Waals surface area contributed by atoms with Gasteiger partial charge in [-0.2, -0.15) is 10.1 Å². The second-order valence-electron chi connectivity index (χ2n) is 7.38. The van der Waals surface area contributed by atoms with Crippen LogP contribution in [0, 0.1) is 19.7 Å². The summed E-state index contributed by atoms with van der Waals surface area (Å²) in [6, 6.07) is 4.80. The predicted octanol–water partition coefficient (Wildman–Crippen LogP) is 3.45. The maximum Gasteiger partial charge on any atom is 0.248 e. The zero-order chi connectivity index (χ0) is 20.7. The first-order valence-corrected chi connectivity index (χ1v) is 9.50. The maximum atomic E-state index is 14.3. The van der Waals surface area contributed by atoms with E-state index in [1.54, 1.807) is 16.6 Å². The molecule has 0 atom stereocenters. The first-order valence-electron chi connectivity index (χ1n) is 9.50. The van der Waals surface area contributed by atoms with Crippen molar-refractivity contribution in [2.24, 2.45) is 0 Å². The van der Waals surface area contributed by atoms with E-state index in [-0.39, 0.29) is 30.0 Å². The molecule has 0 radical (unpaired) electrons. The third-order valence-electron chi connectivity index (χ3n) is 4.99. The van der Waals surface area contributed by atoms with Crippen LogP contribution in [0.4, 0.5) is 10.3 Å². The molecule has 29 heavy (non-hydrogen) atoms. The van der Waals surface area contributed by atoms with E-state index in [4.69, 9.17) is 0 Å². The molecular weight excluding hydrogens is 373 g/mol. The molecule has 0 aliphatic heterocycles. The molecule has 0 unspecified atom stereocenters. The van der Waals surface area contributed by atoms with Crippen LogP contribution in [-0.2, 0) is 11.2 Å². The molecule has 0 aliphatic carbocycles. The molecule has 2 N–H and O–H groups in total. The molecule has 0 fully saturated rings. The highest BCUT2D eigenvalue weighted by molar-refractivity contribution is 5.93. The Morgan fingerprint density at radius 1 is 1.28 bits per heavy atom. The SMILES string of the molecule is Cc1nc2c3c(F)cccc3nn2c(C)c1CCC(=O)Nc1n[nH]c(C(C)C)n1. The van der Waals surface area contributed by atoms with E-state index < -0.39 is 0 Å². The van der Waals surface area contributed by atoms with E-state index in [1.165, 1.54) is 6.07 Å². The quantitative estimate of drug-likeness (QED) is 0.539. The Morgan fingerprint density at radius 3 is 2.79 bits per heavy atom. The van der Waals surface area contributed by atoms with E-state index in [0.29, 0.717) is 23.0 Å². The predicted molar refractivity (Wildman–Crippen MR) is 107 cm³/mol. The van der Waals surface area contributed by atoms with Crippen molar-refractivity contribution in [3.63, 3.8) is 0 Å². The lowest BCUT2D eigenvalue weighted by atomic mass is 10.1. The van der Waals surface area contributed by atoms with E-state index in [0.717, 1.165) is 22.8 Å². The number of rotatable bonds is 5.